The second kappa shape index (κ2) is 8.31. The number of benzene rings is 1. The predicted molar refractivity (Wildman–Crippen MR) is 118 cm³/mol. The van der Waals surface area contributed by atoms with Gasteiger partial charge in [-0.05, 0) is 25.8 Å². The lowest BCUT2D eigenvalue weighted by atomic mass is 10.0. The summed E-state index contributed by atoms with van der Waals surface area (Å²) >= 11 is 1.50. The van der Waals surface area contributed by atoms with Crippen LogP contribution in [0.3, 0.4) is 0 Å². The molecule has 2 aromatic heterocycles. The molecule has 158 valence electrons. The zero-order chi connectivity index (χ0) is 21.3. The molecule has 3 aromatic rings. The molecule has 30 heavy (non-hydrogen) atoms. The predicted octanol–water partition coefficient (Wildman–Crippen LogP) is 3.08. The van der Waals surface area contributed by atoms with E-state index < -0.39 is 9.84 Å². The van der Waals surface area contributed by atoms with Crippen molar-refractivity contribution in [2.75, 3.05) is 24.7 Å². The van der Waals surface area contributed by atoms with Crippen LogP contribution >= 0.6 is 11.3 Å². The van der Waals surface area contributed by atoms with Crippen molar-refractivity contribution < 1.29 is 17.9 Å². The summed E-state index contributed by atoms with van der Waals surface area (Å²) in [6, 6.07) is 7.88. The molecule has 1 saturated heterocycles. The zero-order valence-corrected chi connectivity index (χ0v) is 18.5. The van der Waals surface area contributed by atoms with Gasteiger partial charge in [-0.1, -0.05) is 29.8 Å². The molecule has 1 aliphatic heterocycles. The van der Waals surface area contributed by atoms with Crippen molar-refractivity contribution in [2.45, 2.75) is 26.3 Å². The van der Waals surface area contributed by atoms with E-state index in [2.05, 4.69) is 9.97 Å². The van der Waals surface area contributed by atoms with E-state index in [9.17, 15) is 13.2 Å². The topological polar surface area (TPSA) is 89.5 Å². The number of hydrogen-bond donors (Lipinski definition) is 0. The monoisotopic (exact) mass is 445 g/mol. The third-order valence-corrected chi connectivity index (χ3v) is 7.98. The molecule has 0 bridgehead atoms. The SMILES string of the molecule is CCN(C(=O)COc1ncnc2scc(-c3ccc(C)cc3)c12)[C@@H]1CCS(=O)(=O)C1. The number of aromatic nitrogens is 2. The van der Waals surface area contributed by atoms with Crippen LogP contribution in [0.5, 0.6) is 5.88 Å². The van der Waals surface area contributed by atoms with E-state index in [1.165, 1.54) is 23.2 Å². The molecule has 0 spiro atoms. The molecular weight excluding hydrogens is 422 g/mol. The maximum absolute atomic E-state index is 12.8. The number of nitrogens with zero attached hydrogens (tertiary/aromatic N) is 3. The van der Waals surface area contributed by atoms with Gasteiger partial charge >= 0.3 is 0 Å². The van der Waals surface area contributed by atoms with Crippen molar-refractivity contribution in [1.82, 2.24) is 14.9 Å². The van der Waals surface area contributed by atoms with Gasteiger partial charge in [0.2, 0.25) is 5.88 Å². The first-order valence-electron chi connectivity index (χ1n) is 9.80. The number of hydrogen-bond acceptors (Lipinski definition) is 7. The number of fused-ring (bicyclic) bond motifs is 1. The lowest BCUT2D eigenvalue weighted by molar-refractivity contribution is -0.135. The van der Waals surface area contributed by atoms with E-state index in [1.807, 2.05) is 43.5 Å². The van der Waals surface area contributed by atoms with Gasteiger partial charge in [-0.25, -0.2) is 18.4 Å². The fourth-order valence-electron chi connectivity index (χ4n) is 3.78. The molecule has 0 N–H and O–H groups in total. The first-order valence-corrected chi connectivity index (χ1v) is 12.5. The normalized spacial score (nSPS) is 17.9. The minimum Gasteiger partial charge on any atom is -0.467 e. The van der Waals surface area contributed by atoms with Crippen molar-refractivity contribution in [3.8, 4) is 17.0 Å². The van der Waals surface area contributed by atoms with Crippen LogP contribution in [0.4, 0.5) is 0 Å². The van der Waals surface area contributed by atoms with Gasteiger partial charge in [-0.2, -0.15) is 0 Å². The number of thiophene rings is 1. The summed E-state index contributed by atoms with van der Waals surface area (Å²) in [5.74, 6) is 0.273. The van der Waals surface area contributed by atoms with Crippen LogP contribution in [0.1, 0.15) is 18.9 Å². The van der Waals surface area contributed by atoms with Gasteiger partial charge < -0.3 is 9.64 Å². The zero-order valence-electron chi connectivity index (χ0n) is 16.9. The van der Waals surface area contributed by atoms with Crippen LogP contribution in [0, 0.1) is 6.92 Å². The summed E-state index contributed by atoms with van der Waals surface area (Å²) in [6.45, 7) is 4.13. The minimum atomic E-state index is -3.07. The molecule has 1 fully saturated rings. The fourth-order valence-corrected chi connectivity index (χ4v) is 6.41. The Balaban J connectivity index is 1.56. The average molecular weight is 446 g/mol. The van der Waals surface area contributed by atoms with Crippen molar-refractivity contribution in [2.24, 2.45) is 0 Å². The Morgan fingerprint density at radius 2 is 2.03 bits per heavy atom. The Morgan fingerprint density at radius 3 is 2.70 bits per heavy atom. The number of amides is 1. The van der Waals surface area contributed by atoms with E-state index in [-0.39, 0.29) is 30.1 Å². The quantitative estimate of drug-likeness (QED) is 0.579. The molecule has 0 unspecified atom stereocenters. The maximum Gasteiger partial charge on any atom is 0.260 e. The maximum atomic E-state index is 12.8. The third kappa shape index (κ3) is 4.17. The molecule has 3 heterocycles. The molecule has 9 heteroatoms. The number of ether oxygens (including phenoxy) is 1. The molecule has 0 saturated carbocycles. The number of carbonyl (C=O) groups is 1. The molecule has 1 atom stereocenters. The van der Waals surface area contributed by atoms with E-state index >= 15 is 0 Å². The molecule has 7 nitrogen and oxygen atoms in total. The van der Waals surface area contributed by atoms with E-state index in [0.29, 0.717) is 18.8 Å². The Morgan fingerprint density at radius 1 is 1.27 bits per heavy atom. The lowest BCUT2D eigenvalue weighted by Gasteiger charge is -2.26. The Hall–Kier alpha value is -2.52. The molecular formula is C21H23N3O4S2. The van der Waals surface area contributed by atoms with Gasteiger partial charge in [0.05, 0.1) is 16.9 Å². The van der Waals surface area contributed by atoms with Crippen molar-refractivity contribution >= 4 is 37.3 Å². The van der Waals surface area contributed by atoms with Gasteiger partial charge in [0.1, 0.15) is 11.2 Å². The number of carbonyl (C=O) groups excluding carboxylic acids is 1. The molecule has 4 rings (SSSR count). The Kier molecular flexibility index (Phi) is 5.75. The number of likely N-dealkylation sites (N-methyl/N-ethyl adjacent to an activating group) is 1. The summed E-state index contributed by atoms with van der Waals surface area (Å²) in [4.78, 5) is 23.8. The summed E-state index contributed by atoms with van der Waals surface area (Å²) < 4.78 is 29.4. The fraction of sp³-hybridized carbons (Fsp3) is 0.381. The molecule has 1 aliphatic rings. The van der Waals surface area contributed by atoms with E-state index in [4.69, 9.17) is 4.74 Å². The second-order valence-electron chi connectivity index (χ2n) is 7.40. The Labute approximate surface area is 179 Å². The summed E-state index contributed by atoms with van der Waals surface area (Å²) in [7, 11) is -3.07. The first kappa shape index (κ1) is 20.7. The largest absolute Gasteiger partial charge is 0.467 e. The van der Waals surface area contributed by atoms with Crippen LogP contribution in [-0.2, 0) is 14.6 Å². The van der Waals surface area contributed by atoms with E-state index in [1.54, 1.807) is 4.90 Å². The molecule has 1 amide bonds. The van der Waals surface area contributed by atoms with Gasteiger partial charge in [-0.3, -0.25) is 4.79 Å². The van der Waals surface area contributed by atoms with Gasteiger partial charge in [0.25, 0.3) is 5.91 Å². The van der Waals surface area contributed by atoms with Crippen LogP contribution in [0.25, 0.3) is 21.3 Å². The van der Waals surface area contributed by atoms with Crippen LogP contribution < -0.4 is 4.74 Å². The van der Waals surface area contributed by atoms with Crippen molar-refractivity contribution in [3.63, 3.8) is 0 Å². The minimum absolute atomic E-state index is 0.0203. The first-order chi connectivity index (χ1) is 14.4. The smallest absolute Gasteiger partial charge is 0.260 e. The van der Waals surface area contributed by atoms with Gasteiger partial charge in [-0.15, -0.1) is 11.3 Å². The number of aryl methyl sites for hydroxylation is 1. The molecule has 0 radical (unpaired) electrons. The summed E-state index contributed by atoms with van der Waals surface area (Å²) in [5.41, 5.74) is 3.17. The highest BCUT2D eigenvalue weighted by atomic mass is 32.2. The van der Waals surface area contributed by atoms with Gasteiger partial charge in [0.15, 0.2) is 16.4 Å². The Bertz CT molecular complexity index is 1170. The van der Waals surface area contributed by atoms with Crippen LogP contribution in [0.2, 0.25) is 0 Å². The van der Waals surface area contributed by atoms with E-state index in [0.717, 1.165) is 21.3 Å². The molecule has 0 aliphatic carbocycles. The second-order valence-corrected chi connectivity index (χ2v) is 10.5. The third-order valence-electron chi connectivity index (χ3n) is 5.34. The van der Waals surface area contributed by atoms with Crippen LogP contribution in [0.15, 0.2) is 36.0 Å². The number of sulfone groups is 1. The standard InChI is InChI=1S/C21H23N3O4S2/c1-3-24(16-8-9-30(26,27)12-16)18(25)10-28-20-19-17(11-29-21(19)23-13-22-20)15-6-4-14(2)5-7-15/h4-7,11,13,16H,3,8-10,12H2,1-2H3/t16-/m1/s1. The molecule has 1 aromatic carbocycles. The van der Waals surface area contributed by atoms with Crippen LogP contribution in [-0.4, -0.2) is 59.9 Å². The summed E-state index contributed by atoms with van der Waals surface area (Å²) in [5, 5.41) is 2.80. The highest BCUT2D eigenvalue weighted by Gasteiger charge is 2.34. The number of rotatable bonds is 6. The van der Waals surface area contributed by atoms with Crippen molar-refractivity contribution in [3.05, 3.63) is 41.5 Å². The highest BCUT2D eigenvalue weighted by molar-refractivity contribution is 7.91. The van der Waals surface area contributed by atoms with Crippen molar-refractivity contribution in [1.29, 1.82) is 0 Å². The average Bonchev–Trinajstić information content (AvgIpc) is 3.31. The summed E-state index contributed by atoms with van der Waals surface area (Å²) in [6.07, 6.45) is 1.90. The lowest BCUT2D eigenvalue weighted by Crippen LogP contribution is -2.43. The van der Waals surface area contributed by atoms with Gasteiger partial charge in [0, 0.05) is 23.5 Å². The highest BCUT2D eigenvalue weighted by Crippen LogP contribution is 2.37.